The molecule has 0 aromatic carbocycles. The highest BCUT2D eigenvalue weighted by Gasteiger charge is 2.23. The molecule has 0 saturated carbocycles. The Hall–Kier alpha value is -1.53. The molecule has 0 radical (unpaired) electrons. The molecule has 106 valence electrons. The Morgan fingerprint density at radius 2 is 1.95 bits per heavy atom. The maximum Gasteiger partial charge on any atom is 0.237 e. The summed E-state index contributed by atoms with van der Waals surface area (Å²) in [5.74, 6) is 0.513. The van der Waals surface area contributed by atoms with Crippen molar-refractivity contribution in [2.24, 2.45) is 0 Å². The number of aromatic nitrogens is 3. The van der Waals surface area contributed by atoms with Gasteiger partial charge in [0.05, 0.1) is 18.8 Å². The first-order chi connectivity index (χ1) is 9.77. The largest absolute Gasteiger partial charge is 0.480 e. The van der Waals surface area contributed by atoms with Gasteiger partial charge in [-0.25, -0.2) is 4.98 Å². The monoisotopic (exact) mass is 336 g/mol. The van der Waals surface area contributed by atoms with Crippen LogP contribution in [0.3, 0.4) is 0 Å². The van der Waals surface area contributed by atoms with E-state index in [0.29, 0.717) is 5.88 Å². The van der Waals surface area contributed by atoms with E-state index in [0.717, 1.165) is 28.8 Å². The molecule has 2 aromatic heterocycles. The lowest BCUT2D eigenvalue weighted by atomic mass is 10.1. The predicted octanol–water partition coefficient (Wildman–Crippen LogP) is 2.73. The standard InChI is InChI=1S/C14H17BrN4O/c1-3-6-16-12(11-10(15)5-4-7-17-11)13-14(20-2)19-9-8-18-13/h4-5,7-9,12,16H,3,6H2,1-2H3. The highest BCUT2D eigenvalue weighted by Crippen LogP contribution is 2.29. The van der Waals surface area contributed by atoms with E-state index in [2.05, 4.69) is 43.1 Å². The molecule has 0 saturated heterocycles. The SMILES string of the molecule is CCCNC(c1ncccc1Br)c1nccnc1OC. The molecule has 0 fully saturated rings. The van der Waals surface area contributed by atoms with Crippen molar-refractivity contribution in [1.82, 2.24) is 20.3 Å². The summed E-state index contributed by atoms with van der Waals surface area (Å²) >= 11 is 3.54. The molecule has 1 unspecified atom stereocenters. The first kappa shape index (κ1) is 14.9. The minimum Gasteiger partial charge on any atom is -0.480 e. The van der Waals surface area contributed by atoms with Crippen molar-refractivity contribution in [2.75, 3.05) is 13.7 Å². The van der Waals surface area contributed by atoms with Crippen molar-refractivity contribution in [2.45, 2.75) is 19.4 Å². The fourth-order valence-electron chi connectivity index (χ4n) is 1.91. The second kappa shape index (κ2) is 7.31. The topological polar surface area (TPSA) is 59.9 Å². The average Bonchev–Trinajstić information content (AvgIpc) is 2.49. The molecule has 6 heteroatoms. The number of hydrogen-bond donors (Lipinski definition) is 1. The highest BCUT2D eigenvalue weighted by atomic mass is 79.9. The van der Waals surface area contributed by atoms with Gasteiger partial charge in [-0.05, 0) is 41.0 Å². The van der Waals surface area contributed by atoms with E-state index in [9.17, 15) is 0 Å². The molecule has 0 amide bonds. The van der Waals surface area contributed by atoms with Gasteiger partial charge in [0, 0.05) is 23.1 Å². The van der Waals surface area contributed by atoms with Crippen molar-refractivity contribution in [1.29, 1.82) is 0 Å². The van der Waals surface area contributed by atoms with Crippen LogP contribution in [0.5, 0.6) is 5.88 Å². The predicted molar refractivity (Wildman–Crippen MR) is 80.7 cm³/mol. The third-order valence-electron chi connectivity index (χ3n) is 2.82. The number of nitrogens with zero attached hydrogens (tertiary/aromatic N) is 3. The molecule has 20 heavy (non-hydrogen) atoms. The summed E-state index contributed by atoms with van der Waals surface area (Å²) < 4.78 is 6.24. The van der Waals surface area contributed by atoms with Gasteiger partial charge in [0.1, 0.15) is 5.69 Å². The molecule has 2 heterocycles. The van der Waals surface area contributed by atoms with Crippen LogP contribution in [-0.2, 0) is 0 Å². The van der Waals surface area contributed by atoms with Crippen molar-refractivity contribution >= 4 is 15.9 Å². The molecule has 1 atom stereocenters. The third-order valence-corrected chi connectivity index (χ3v) is 3.49. The second-order valence-corrected chi connectivity index (χ2v) is 5.06. The summed E-state index contributed by atoms with van der Waals surface area (Å²) in [6, 6.07) is 3.69. The molecular formula is C14H17BrN4O. The van der Waals surface area contributed by atoms with Gasteiger partial charge < -0.3 is 10.1 Å². The minimum atomic E-state index is -0.158. The minimum absolute atomic E-state index is 0.158. The third kappa shape index (κ3) is 3.32. The zero-order chi connectivity index (χ0) is 14.4. The molecule has 2 aromatic rings. The van der Waals surface area contributed by atoms with Gasteiger partial charge in [-0.15, -0.1) is 0 Å². The van der Waals surface area contributed by atoms with Crippen LogP contribution in [-0.4, -0.2) is 28.6 Å². The van der Waals surface area contributed by atoms with Gasteiger partial charge in [-0.2, -0.15) is 0 Å². The number of rotatable bonds is 6. The Morgan fingerprint density at radius 3 is 2.65 bits per heavy atom. The molecule has 5 nitrogen and oxygen atoms in total. The van der Waals surface area contributed by atoms with E-state index in [4.69, 9.17) is 4.74 Å². The van der Waals surface area contributed by atoms with Crippen LogP contribution in [0.1, 0.15) is 30.8 Å². The first-order valence-electron chi connectivity index (χ1n) is 6.46. The van der Waals surface area contributed by atoms with E-state index in [-0.39, 0.29) is 6.04 Å². The van der Waals surface area contributed by atoms with E-state index < -0.39 is 0 Å². The number of pyridine rings is 1. The Bertz CT molecular complexity index is 564. The highest BCUT2D eigenvalue weighted by molar-refractivity contribution is 9.10. The smallest absolute Gasteiger partial charge is 0.237 e. The Kier molecular flexibility index (Phi) is 5.43. The van der Waals surface area contributed by atoms with Gasteiger partial charge in [0.15, 0.2) is 0 Å². The lowest BCUT2D eigenvalue weighted by Gasteiger charge is -2.19. The summed E-state index contributed by atoms with van der Waals surface area (Å²) in [6.45, 7) is 2.97. The quantitative estimate of drug-likeness (QED) is 0.878. The lowest BCUT2D eigenvalue weighted by Crippen LogP contribution is -2.26. The zero-order valence-electron chi connectivity index (χ0n) is 11.5. The van der Waals surface area contributed by atoms with Crippen LogP contribution in [0.25, 0.3) is 0 Å². The Balaban J connectivity index is 2.44. The Morgan fingerprint density at radius 1 is 1.20 bits per heavy atom. The molecule has 0 aliphatic heterocycles. The zero-order valence-corrected chi connectivity index (χ0v) is 13.1. The van der Waals surface area contributed by atoms with Crippen molar-refractivity contribution in [3.05, 3.63) is 46.6 Å². The number of methoxy groups -OCH3 is 1. The van der Waals surface area contributed by atoms with Crippen LogP contribution in [0.15, 0.2) is 35.2 Å². The molecule has 0 aliphatic rings. The number of hydrogen-bond acceptors (Lipinski definition) is 5. The summed E-state index contributed by atoms with van der Waals surface area (Å²) in [7, 11) is 1.60. The van der Waals surface area contributed by atoms with Gasteiger partial charge in [0.25, 0.3) is 0 Å². The summed E-state index contributed by atoms with van der Waals surface area (Å²) in [5, 5.41) is 3.44. The molecule has 1 N–H and O–H groups in total. The summed E-state index contributed by atoms with van der Waals surface area (Å²) in [4.78, 5) is 13.1. The number of nitrogens with one attached hydrogen (secondary N) is 1. The van der Waals surface area contributed by atoms with Gasteiger partial charge >= 0.3 is 0 Å². The normalized spacial score (nSPS) is 12.2. The maximum absolute atomic E-state index is 5.31. The van der Waals surface area contributed by atoms with Crippen molar-refractivity contribution in [3.63, 3.8) is 0 Å². The van der Waals surface area contributed by atoms with Gasteiger partial charge in [-0.1, -0.05) is 6.92 Å². The van der Waals surface area contributed by atoms with Crippen LogP contribution >= 0.6 is 15.9 Å². The molecule has 0 aliphatic carbocycles. The van der Waals surface area contributed by atoms with Crippen LogP contribution in [0, 0.1) is 0 Å². The fourth-order valence-corrected chi connectivity index (χ4v) is 2.40. The lowest BCUT2D eigenvalue weighted by molar-refractivity contribution is 0.381. The Labute approximate surface area is 127 Å². The maximum atomic E-state index is 5.31. The second-order valence-electron chi connectivity index (χ2n) is 4.21. The fraction of sp³-hybridized carbons (Fsp3) is 0.357. The van der Waals surface area contributed by atoms with E-state index in [1.54, 1.807) is 25.7 Å². The van der Waals surface area contributed by atoms with Crippen molar-refractivity contribution in [3.8, 4) is 5.88 Å². The van der Waals surface area contributed by atoms with Gasteiger partial charge in [0.2, 0.25) is 5.88 Å². The average molecular weight is 337 g/mol. The van der Waals surface area contributed by atoms with Crippen LogP contribution in [0.2, 0.25) is 0 Å². The van der Waals surface area contributed by atoms with Crippen molar-refractivity contribution < 1.29 is 4.74 Å². The van der Waals surface area contributed by atoms with Crippen LogP contribution < -0.4 is 10.1 Å². The van der Waals surface area contributed by atoms with Crippen LogP contribution in [0.4, 0.5) is 0 Å². The van der Waals surface area contributed by atoms with E-state index >= 15 is 0 Å². The number of ether oxygens (including phenoxy) is 1. The van der Waals surface area contributed by atoms with E-state index in [1.807, 2.05) is 12.1 Å². The first-order valence-corrected chi connectivity index (χ1v) is 7.26. The molecule has 0 spiro atoms. The van der Waals surface area contributed by atoms with Gasteiger partial charge in [-0.3, -0.25) is 9.97 Å². The molecular weight excluding hydrogens is 320 g/mol. The number of halogens is 1. The molecule has 2 rings (SSSR count). The summed E-state index contributed by atoms with van der Waals surface area (Å²) in [5.41, 5.74) is 1.61. The molecule has 0 bridgehead atoms. The van der Waals surface area contributed by atoms with E-state index in [1.165, 1.54) is 0 Å². The summed E-state index contributed by atoms with van der Waals surface area (Å²) in [6.07, 6.45) is 6.06.